The van der Waals surface area contributed by atoms with E-state index >= 15 is 4.39 Å². The highest BCUT2D eigenvalue weighted by Crippen LogP contribution is 2.39. The molecular weight excluding hydrogens is 584 g/mol. The number of piperazine rings is 1. The fraction of sp³-hybridized carbons (Fsp3) is 0.486. The van der Waals surface area contributed by atoms with Crippen molar-refractivity contribution in [1.82, 2.24) is 9.88 Å². The van der Waals surface area contributed by atoms with Gasteiger partial charge in [0, 0.05) is 43.0 Å². The fourth-order valence-electron chi connectivity index (χ4n) is 6.72. The van der Waals surface area contributed by atoms with Gasteiger partial charge in [-0.2, -0.15) is 13.2 Å². The second-order valence-electron chi connectivity index (χ2n) is 12.5. The number of hydrogen-bond acceptors (Lipinski definition) is 5. The largest absolute Gasteiger partial charge is 0.481 e. The number of carbonyl (C=O) groups excluding carboxylic acids is 1. The lowest BCUT2D eigenvalue weighted by atomic mass is 9.84. The third kappa shape index (κ3) is 7.43. The first kappa shape index (κ1) is 32.7. The predicted octanol–water partition coefficient (Wildman–Crippen LogP) is 8.21. The average molecular weight is 627 g/mol. The van der Waals surface area contributed by atoms with E-state index < -0.39 is 29.0 Å². The molecule has 1 N–H and O–H groups in total. The Balaban J connectivity index is 1.55. The van der Waals surface area contributed by atoms with E-state index in [2.05, 4.69) is 29.0 Å². The average Bonchev–Trinajstić information content (AvgIpc) is 3.03. The lowest BCUT2D eigenvalue weighted by Gasteiger charge is -2.44. The molecule has 2 aromatic carbocycles. The molecule has 0 radical (unpaired) electrons. The van der Waals surface area contributed by atoms with Crippen LogP contribution in [-0.2, 0) is 12.6 Å². The van der Waals surface area contributed by atoms with E-state index in [1.807, 2.05) is 36.2 Å². The molecule has 5 rings (SSSR count). The molecule has 1 aliphatic heterocycles. The van der Waals surface area contributed by atoms with Gasteiger partial charge >= 0.3 is 6.18 Å². The minimum absolute atomic E-state index is 0.128. The van der Waals surface area contributed by atoms with E-state index in [0.29, 0.717) is 36.3 Å². The van der Waals surface area contributed by atoms with Crippen molar-refractivity contribution >= 4 is 17.3 Å². The van der Waals surface area contributed by atoms with Crippen LogP contribution >= 0.6 is 0 Å². The Labute approximate surface area is 262 Å². The van der Waals surface area contributed by atoms with Gasteiger partial charge in [-0.15, -0.1) is 0 Å². The maximum Gasteiger partial charge on any atom is 0.417 e. The molecule has 2 aliphatic rings. The molecule has 6 nitrogen and oxygen atoms in total. The maximum atomic E-state index is 16.2. The Hall–Kier alpha value is -3.66. The molecule has 1 saturated heterocycles. The van der Waals surface area contributed by atoms with Gasteiger partial charge < -0.3 is 15.0 Å². The van der Waals surface area contributed by atoms with E-state index in [4.69, 9.17) is 4.74 Å². The van der Waals surface area contributed by atoms with E-state index in [9.17, 15) is 18.0 Å². The van der Waals surface area contributed by atoms with E-state index in [1.165, 1.54) is 45.3 Å². The molecule has 10 heteroatoms. The SMILES string of the molecule is COc1cc(C(F)(F)F)c(C(=O)Nc2cc(-c3ccccc3CCC3CCCCC3)c(F)cc2N2C[C@@H](C)N(C)[C@@H](C)C2)cn1. The number of benzene rings is 2. The summed E-state index contributed by atoms with van der Waals surface area (Å²) in [6.45, 7) is 5.23. The van der Waals surface area contributed by atoms with Crippen LogP contribution in [0, 0.1) is 11.7 Å². The smallest absolute Gasteiger partial charge is 0.417 e. The van der Waals surface area contributed by atoms with Gasteiger partial charge in [0.1, 0.15) is 5.82 Å². The summed E-state index contributed by atoms with van der Waals surface area (Å²) in [6.07, 6.45) is 4.05. The summed E-state index contributed by atoms with van der Waals surface area (Å²) < 4.78 is 63.1. The third-order valence-corrected chi connectivity index (χ3v) is 9.53. The molecular formula is C35H42F4N4O2. The quantitative estimate of drug-likeness (QED) is 0.256. The summed E-state index contributed by atoms with van der Waals surface area (Å²) in [6, 6.07) is 11.6. The molecule has 2 heterocycles. The van der Waals surface area contributed by atoms with Crippen LogP contribution < -0.4 is 15.0 Å². The van der Waals surface area contributed by atoms with Crippen LogP contribution in [0.4, 0.5) is 28.9 Å². The highest BCUT2D eigenvalue weighted by atomic mass is 19.4. The Morgan fingerprint density at radius 3 is 2.38 bits per heavy atom. The number of nitrogens with zero attached hydrogens (tertiary/aromatic N) is 3. The van der Waals surface area contributed by atoms with Crippen LogP contribution in [0.15, 0.2) is 48.7 Å². The second kappa shape index (κ2) is 13.8. The number of aromatic nitrogens is 1. The Kier molecular flexibility index (Phi) is 10.0. The van der Waals surface area contributed by atoms with Gasteiger partial charge in [-0.3, -0.25) is 9.69 Å². The van der Waals surface area contributed by atoms with Gasteiger partial charge in [0.05, 0.1) is 29.6 Å². The number of amides is 1. The van der Waals surface area contributed by atoms with Crippen molar-refractivity contribution in [3.8, 4) is 17.0 Å². The van der Waals surface area contributed by atoms with Gasteiger partial charge in [-0.25, -0.2) is 9.37 Å². The van der Waals surface area contributed by atoms with Gasteiger partial charge in [0.2, 0.25) is 5.88 Å². The zero-order chi connectivity index (χ0) is 32.3. The highest BCUT2D eigenvalue weighted by molar-refractivity contribution is 6.07. The van der Waals surface area contributed by atoms with Crippen molar-refractivity contribution in [2.24, 2.45) is 5.92 Å². The van der Waals surface area contributed by atoms with Crippen molar-refractivity contribution in [2.75, 3.05) is 37.5 Å². The monoisotopic (exact) mass is 626 g/mol. The van der Waals surface area contributed by atoms with Crippen LogP contribution in [0.25, 0.3) is 11.1 Å². The van der Waals surface area contributed by atoms with Crippen LogP contribution in [0.2, 0.25) is 0 Å². The first-order valence-corrected chi connectivity index (χ1v) is 15.8. The van der Waals surface area contributed by atoms with Crippen molar-refractivity contribution in [1.29, 1.82) is 0 Å². The molecule has 0 bridgehead atoms. The van der Waals surface area contributed by atoms with Crippen molar-refractivity contribution < 1.29 is 27.1 Å². The lowest BCUT2D eigenvalue weighted by molar-refractivity contribution is -0.138. The number of carbonyl (C=O) groups is 1. The predicted molar refractivity (Wildman–Crippen MR) is 169 cm³/mol. The minimum Gasteiger partial charge on any atom is -0.481 e. The Morgan fingerprint density at radius 2 is 1.71 bits per heavy atom. The second-order valence-corrected chi connectivity index (χ2v) is 12.5. The Morgan fingerprint density at radius 1 is 1.02 bits per heavy atom. The summed E-state index contributed by atoms with van der Waals surface area (Å²) >= 11 is 0. The number of nitrogens with one attached hydrogen (secondary N) is 1. The van der Waals surface area contributed by atoms with Crippen molar-refractivity contribution in [2.45, 2.75) is 77.1 Å². The highest BCUT2D eigenvalue weighted by Gasteiger charge is 2.37. The molecule has 2 fully saturated rings. The van der Waals surface area contributed by atoms with E-state index in [-0.39, 0.29) is 23.7 Å². The molecule has 2 atom stereocenters. The van der Waals surface area contributed by atoms with Crippen LogP contribution in [0.5, 0.6) is 5.88 Å². The summed E-state index contributed by atoms with van der Waals surface area (Å²) in [4.78, 5) is 21.6. The van der Waals surface area contributed by atoms with Crippen molar-refractivity contribution in [3.63, 3.8) is 0 Å². The van der Waals surface area contributed by atoms with E-state index in [1.54, 1.807) is 6.07 Å². The summed E-state index contributed by atoms with van der Waals surface area (Å²) in [7, 11) is 3.23. The van der Waals surface area contributed by atoms with Gasteiger partial charge in [0.15, 0.2) is 0 Å². The molecule has 1 amide bonds. The topological polar surface area (TPSA) is 57.7 Å². The lowest BCUT2D eigenvalue weighted by Crippen LogP contribution is -2.55. The molecule has 45 heavy (non-hydrogen) atoms. The molecule has 3 aromatic rings. The number of pyridine rings is 1. The number of anilines is 2. The molecule has 0 unspecified atom stereocenters. The molecule has 242 valence electrons. The summed E-state index contributed by atoms with van der Waals surface area (Å²) in [5.41, 5.74) is 0.881. The summed E-state index contributed by atoms with van der Waals surface area (Å²) in [5.74, 6) is -1.04. The van der Waals surface area contributed by atoms with Gasteiger partial charge in [-0.05, 0) is 62.9 Å². The fourth-order valence-corrected chi connectivity index (χ4v) is 6.72. The van der Waals surface area contributed by atoms with Crippen LogP contribution in [-0.4, -0.2) is 55.1 Å². The third-order valence-electron chi connectivity index (χ3n) is 9.53. The van der Waals surface area contributed by atoms with Crippen LogP contribution in [0.3, 0.4) is 0 Å². The molecule has 0 spiro atoms. The zero-order valence-corrected chi connectivity index (χ0v) is 26.4. The number of rotatable bonds is 8. The number of methoxy groups -OCH3 is 1. The minimum atomic E-state index is -4.82. The first-order valence-electron chi connectivity index (χ1n) is 15.8. The first-order chi connectivity index (χ1) is 21.5. The van der Waals surface area contributed by atoms with Crippen LogP contribution in [0.1, 0.15) is 73.9 Å². The summed E-state index contributed by atoms with van der Waals surface area (Å²) in [5, 5.41) is 2.71. The number of halogens is 4. The normalized spacial score (nSPS) is 19.9. The number of aryl methyl sites for hydroxylation is 1. The van der Waals surface area contributed by atoms with Crippen molar-refractivity contribution in [3.05, 3.63) is 71.2 Å². The number of likely N-dealkylation sites (N-methyl/N-ethyl adjacent to an activating group) is 1. The van der Waals surface area contributed by atoms with Gasteiger partial charge in [-0.1, -0.05) is 56.4 Å². The number of alkyl halides is 3. The van der Waals surface area contributed by atoms with Gasteiger partial charge in [0.25, 0.3) is 5.91 Å². The molecule has 1 saturated carbocycles. The molecule has 1 aromatic heterocycles. The number of ether oxygens (including phenoxy) is 1. The maximum absolute atomic E-state index is 16.2. The Bertz CT molecular complexity index is 1490. The van der Waals surface area contributed by atoms with E-state index in [0.717, 1.165) is 30.2 Å². The number of hydrogen-bond donors (Lipinski definition) is 1. The standard InChI is InChI=1S/C35H42F4N4O2/c1-22-20-43(21-23(2)42(22)3)32-18-30(36)27(26-13-9-8-12-25(26)15-14-24-10-6-5-7-11-24)16-31(32)41-34(44)28-19-40-33(45-4)17-29(28)35(37,38)39/h8-9,12-13,16-19,22-24H,5-7,10-11,14-15,20-21H2,1-4H3,(H,41,44)/t22-,23+. The zero-order valence-electron chi connectivity index (χ0n) is 26.4. The molecule has 1 aliphatic carbocycles.